The highest BCUT2D eigenvalue weighted by molar-refractivity contribution is 7.80. The number of hydrogen-bond acceptors (Lipinski definition) is 4. The summed E-state index contributed by atoms with van der Waals surface area (Å²) in [5, 5.41) is 2.17. The maximum Gasteiger partial charge on any atom is 0.397 e. The third-order valence-electron chi connectivity index (χ3n) is 0.457. The highest BCUT2D eigenvalue weighted by Crippen LogP contribution is 1.74. The largest absolute Gasteiger partial charge is 0.397 e. The zero-order valence-electron chi connectivity index (χ0n) is 6.07. The lowest BCUT2D eigenvalue weighted by atomic mass is 11.1. The molecular formula is C3H10N2O5S. The van der Waals surface area contributed by atoms with Crippen LogP contribution in [0, 0.1) is 0 Å². The number of rotatable bonds is 1. The molecule has 4 N–H and O–H groups in total. The van der Waals surface area contributed by atoms with Crippen LogP contribution in [0.2, 0.25) is 0 Å². The van der Waals surface area contributed by atoms with Crippen LogP contribution in [0.15, 0.2) is 0 Å². The maximum atomic E-state index is 9.48. The SMILES string of the molecule is CNC(N)=O.COS(=O)(=O)O. The molecule has 0 bridgehead atoms. The van der Waals surface area contributed by atoms with Gasteiger partial charge < -0.3 is 11.1 Å². The Morgan fingerprint density at radius 1 is 1.64 bits per heavy atom. The fourth-order valence-electron chi connectivity index (χ4n) is 0. The summed E-state index contributed by atoms with van der Waals surface area (Å²) in [6.45, 7) is 0. The second kappa shape index (κ2) is 5.89. The Bertz CT molecular complexity index is 198. The lowest BCUT2D eigenvalue weighted by molar-refractivity contribution is 0.251. The van der Waals surface area contributed by atoms with Crippen molar-refractivity contribution in [1.29, 1.82) is 0 Å². The second-order valence-corrected chi connectivity index (χ2v) is 2.40. The first-order valence-corrected chi connectivity index (χ1v) is 3.70. The molecule has 0 radical (unpaired) electrons. The van der Waals surface area contributed by atoms with Crippen LogP contribution in [0.5, 0.6) is 0 Å². The van der Waals surface area contributed by atoms with E-state index >= 15 is 0 Å². The van der Waals surface area contributed by atoms with Gasteiger partial charge in [0.15, 0.2) is 0 Å². The highest BCUT2D eigenvalue weighted by atomic mass is 32.3. The summed E-state index contributed by atoms with van der Waals surface area (Å²) in [5.74, 6) is 0. The fourth-order valence-corrected chi connectivity index (χ4v) is 0. The summed E-state index contributed by atoms with van der Waals surface area (Å²) in [6.07, 6.45) is 0. The molecule has 0 aliphatic carbocycles. The van der Waals surface area contributed by atoms with E-state index in [1.165, 1.54) is 7.05 Å². The lowest BCUT2D eigenvalue weighted by Crippen LogP contribution is -2.24. The number of hydrogen-bond donors (Lipinski definition) is 3. The monoisotopic (exact) mass is 186 g/mol. The molecule has 0 unspecified atom stereocenters. The molecule has 0 aromatic carbocycles. The van der Waals surface area contributed by atoms with Gasteiger partial charge in [-0.05, 0) is 0 Å². The molecule has 68 valence electrons. The topological polar surface area (TPSA) is 119 Å². The van der Waals surface area contributed by atoms with E-state index in [9.17, 15) is 13.2 Å². The van der Waals surface area contributed by atoms with Crippen LogP contribution in [0.25, 0.3) is 0 Å². The van der Waals surface area contributed by atoms with E-state index in [4.69, 9.17) is 4.55 Å². The number of nitrogens with one attached hydrogen (secondary N) is 1. The highest BCUT2D eigenvalue weighted by Gasteiger charge is 1.93. The van der Waals surface area contributed by atoms with E-state index in [2.05, 4.69) is 15.2 Å². The average Bonchev–Trinajstić information content (AvgIpc) is 1.88. The van der Waals surface area contributed by atoms with Gasteiger partial charge in [0.05, 0.1) is 7.11 Å². The van der Waals surface area contributed by atoms with Gasteiger partial charge in [-0.15, -0.1) is 0 Å². The Labute approximate surface area is 64.5 Å². The number of carbonyl (C=O) groups excluding carboxylic acids is 1. The van der Waals surface area contributed by atoms with Crippen molar-refractivity contribution in [3.8, 4) is 0 Å². The summed E-state index contributed by atoms with van der Waals surface area (Å²) >= 11 is 0. The molecule has 8 heteroatoms. The number of carbonyl (C=O) groups is 1. The summed E-state index contributed by atoms with van der Waals surface area (Å²) in [6, 6.07) is -0.495. The van der Waals surface area contributed by atoms with Crippen molar-refractivity contribution >= 4 is 16.4 Å². The summed E-state index contributed by atoms with van der Waals surface area (Å²) in [7, 11) is -1.82. The van der Waals surface area contributed by atoms with E-state index in [1.807, 2.05) is 0 Å². The van der Waals surface area contributed by atoms with Gasteiger partial charge in [0.1, 0.15) is 0 Å². The van der Waals surface area contributed by atoms with Crippen LogP contribution in [-0.2, 0) is 14.6 Å². The van der Waals surface area contributed by atoms with E-state index in [0.29, 0.717) is 0 Å². The molecule has 7 nitrogen and oxygen atoms in total. The van der Waals surface area contributed by atoms with Gasteiger partial charge in [-0.1, -0.05) is 0 Å². The third kappa shape index (κ3) is 27.2. The summed E-state index contributed by atoms with van der Waals surface area (Å²) < 4.78 is 29.7. The first kappa shape index (κ1) is 12.8. The predicted molar refractivity (Wildman–Crippen MR) is 37.2 cm³/mol. The van der Waals surface area contributed by atoms with Gasteiger partial charge in [-0.2, -0.15) is 8.42 Å². The quantitative estimate of drug-likeness (QED) is 0.441. The van der Waals surface area contributed by atoms with Gasteiger partial charge in [-0.3, -0.25) is 8.74 Å². The van der Waals surface area contributed by atoms with E-state index < -0.39 is 16.4 Å². The van der Waals surface area contributed by atoms with E-state index in [1.54, 1.807) is 0 Å². The molecule has 0 spiro atoms. The summed E-state index contributed by atoms with van der Waals surface area (Å²) in [5.41, 5.74) is 4.54. The van der Waals surface area contributed by atoms with Crippen molar-refractivity contribution in [3.05, 3.63) is 0 Å². The smallest absolute Gasteiger partial charge is 0.352 e. The molecule has 0 aliphatic heterocycles. The first-order valence-electron chi connectivity index (χ1n) is 2.33. The standard InChI is InChI=1S/C2H6N2O.CH4O4S/c1-4-2(3)5;1-5-6(2,3)4/h1H3,(H3,3,4,5);1H3,(H,2,3,4). The van der Waals surface area contributed by atoms with Crippen LogP contribution >= 0.6 is 0 Å². The van der Waals surface area contributed by atoms with Crippen LogP contribution in [0.3, 0.4) is 0 Å². The zero-order chi connectivity index (χ0) is 9.49. The predicted octanol–water partition coefficient (Wildman–Crippen LogP) is -1.28. The molecule has 0 rings (SSSR count). The Kier molecular flexibility index (Phi) is 6.85. The van der Waals surface area contributed by atoms with Crippen molar-refractivity contribution in [2.45, 2.75) is 0 Å². The Morgan fingerprint density at radius 2 is 1.82 bits per heavy atom. The molecule has 0 saturated carbocycles. The minimum absolute atomic E-state index is 0.495. The third-order valence-corrected chi connectivity index (χ3v) is 0.878. The molecule has 0 aliphatic rings. The van der Waals surface area contributed by atoms with E-state index in [-0.39, 0.29) is 0 Å². The van der Waals surface area contributed by atoms with Crippen molar-refractivity contribution in [3.63, 3.8) is 0 Å². The average molecular weight is 186 g/mol. The Balaban J connectivity index is 0. The Hall–Kier alpha value is -0.860. The van der Waals surface area contributed by atoms with Crippen molar-refractivity contribution in [2.75, 3.05) is 14.2 Å². The molecule has 0 aromatic heterocycles. The van der Waals surface area contributed by atoms with Crippen LogP contribution in [0.1, 0.15) is 0 Å². The summed E-state index contributed by atoms with van der Waals surface area (Å²) in [4.78, 5) is 9.48. The molecule has 0 atom stereocenters. The Morgan fingerprint density at radius 3 is 1.82 bits per heavy atom. The maximum absolute atomic E-state index is 9.48. The second-order valence-electron chi connectivity index (χ2n) is 1.21. The van der Waals surface area contributed by atoms with Crippen LogP contribution in [-0.4, -0.2) is 33.2 Å². The van der Waals surface area contributed by atoms with Crippen LogP contribution in [0.4, 0.5) is 4.79 Å². The molecule has 0 saturated heterocycles. The minimum atomic E-state index is -4.16. The number of amides is 2. The lowest BCUT2D eigenvalue weighted by Gasteiger charge is -1.82. The molecule has 0 heterocycles. The van der Waals surface area contributed by atoms with Gasteiger partial charge in [-0.25, -0.2) is 4.79 Å². The van der Waals surface area contributed by atoms with Crippen LogP contribution < -0.4 is 11.1 Å². The van der Waals surface area contributed by atoms with E-state index in [0.717, 1.165) is 7.11 Å². The van der Waals surface area contributed by atoms with Crippen molar-refractivity contribution in [1.82, 2.24) is 5.32 Å². The van der Waals surface area contributed by atoms with Gasteiger partial charge in [0.25, 0.3) is 0 Å². The van der Waals surface area contributed by atoms with Gasteiger partial charge in [0.2, 0.25) is 0 Å². The normalized spacial score (nSPS) is 9.36. The minimum Gasteiger partial charge on any atom is -0.352 e. The number of urea groups is 1. The fraction of sp³-hybridized carbons (Fsp3) is 0.667. The number of primary amides is 1. The van der Waals surface area contributed by atoms with Gasteiger partial charge in [0, 0.05) is 7.05 Å². The molecule has 11 heavy (non-hydrogen) atoms. The zero-order valence-corrected chi connectivity index (χ0v) is 6.88. The van der Waals surface area contributed by atoms with Crippen molar-refractivity contribution in [2.24, 2.45) is 5.73 Å². The van der Waals surface area contributed by atoms with Crippen molar-refractivity contribution < 1.29 is 21.9 Å². The first-order chi connectivity index (χ1) is 4.83. The molecule has 0 fully saturated rings. The van der Waals surface area contributed by atoms with Gasteiger partial charge >= 0.3 is 16.4 Å². The molecular weight excluding hydrogens is 176 g/mol. The molecule has 0 aromatic rings. The molecule has 2 amide bonds. The number of nitrogens with two attached hydrogens (primary N) is 1.